The maximum Gasteiger partial charge on any atom is 0.254 e. The number of hydrogen-bond acceptors (Lipinski definition) is 5. The van der Waals surface area contributed by atoms with Crippen LogP contribution in [0.3, 0.4) is 0 Å². The van der Waals surface area contributed by atoms with Crippen LogP contribution in [0.2, 0.25) is 0 Å². The lowest BCUT2D eigenvalue weighted by Gasteiger charge is -2.21. The largest absolute Gasteiger partial charge is 0.326 e. The second kappa shape index (κ2) is 9.91. The van der Waals surface area contributed by atoms with Crippen LogP contribution in [0, 0.1) is 12.7 Å². The van der Waals surface area contributed by atoms with Crippen molar-refractivity contribution in [1.82, 2.24) is 9.88 Å². The third kappa shape index (κ3) is 6.23. The first-order chi connectivity index (χ1) is 15.9. The van der Waals surface area contributed by atoms with E-state index in [1.165, 1.54) is 35.6 Å². The Morgan fingerprint density at radius 2 is 1.73 bits per heavy atom. The van der Waals surface area contributed by atoms with Crippen LogP contribution in [0.15, 0.2) is 53.9 Å². The molecule has 170 valence electrons. The van der Waals surface area contributed by atoms with Crippen LogP contribution in [0.5, 0.6) is 0 Å². The van der Waals surface area contributed by atoms with Crippen molar-refractivity contribution in [3.63, 3.8) is 0 Å². The predicted molar refractivity (Wildman–Crippen MR) is 125 cm³/mol. The monoisotopic (exact) mass is 466 g/mol. The number of hydrogen-bond donors (Lipinski definition) is 2. The second-order valence-electron chi connectivity index (χ2n) is 7.95. The molecule has 1 aromatic heterocycles. The highest BCUT2D eigenvalue weighted by atomic mass is 32.1. The van der Waals surface area contributed by atoms with Crippen molar-refractivity contribution in [3.05, 3.63) is 76.5 Å². The number of nitrogens with zero attached hydrogens (tertiary/aromatic N) is 2. The van der Waals surface area contributed by atoms with Gasteiger partial charge < -0.3 is 15.5 Å². The minimum Gasteiger partial charge on any atom is -0.326 e. The van der Waals surface area contributed by atoms with Gasteiger partial charge in [0.2, 0.25) is 11.8 Å². The topological polar surface area (TPSA) is 91.4 Å². The van der Waals surface area contributed by atoms with Gasteiger partial charge in [0.25, 0.3) is 5.91 Å². The van der Waals surface area contributed by atoms with Gasteiger partial charge in [-0.25, -0.2) is 9.37 Å². The van der Waals surface area contributed by atoms with E-state index in [2.05, 4.69) is 15.6 Å². The van der Waals surface area contributed by atoms with E-state index < -0.39 is 0 Å². The van der Waals surface area contributed by atoms with Crippen LogP contribution in [0.4, 0.5) is 15.2 Å². The number of carbonyl (C=O) groups excluding carboxylic acids is 3. The zero-order valence-electron chi connectivity index (χ0n) is 18.0. The summed E-state index contributed by atoms with van der Waals surface area (Å²) in [6, 6.07) is 12.9. The fraction of sp³-hybridized carbons (Fsp3) is 0.250. The van der Waals surface area contributed by atoms with Gasteiger partial charge in [-0.3, -0.25) is 14.4 Å². The normalized spacial score (nSPS) is 12.8. The van der Waals surface area contributed by atoms with Crippen molar-refractivity contribution in [2.24, 2.45) is 0 Å². The van der Waals surface area contributed by atoms with Crippen LogP contribution in [-0.4, -0.2) is 40.2 Å². The molecule has 33 heavy (non-hydrogen) atoms. The van der Waals surface area contributed by atoms with Crippen molar-refractivity contribution < 1.29 is 18.8 Å². The van der Waals surface area contributed by atoms with Gasteiger partial charge in [0.1, 0.15) is 12.4 Å². The van der Waals surface area contributed by atoms with Crippen LogP contribution in [-0.2, 0) is 16.0 Å². The fourth-order valence-corrected chi connectivity index (χ4v) is 4.00. The van der Waals surface area contributed by atoms with E-state index in [0.717, 1.165) is 18.4 Å². The zero-order chi connectivity index (χ0) is 23.4. The number of anilines is 2. The van der Waals surface area contributed by atoms with E-state index in [4.69, 9.17) is 0 Å². The number of benzene rings is 2. The van der Waals surface area contributed by atoms with E-state index in [1.807, 2.05) is 19.1 Å². The Kier molecular flexibility index (Phi) is 6.79. The molecule has 2 aromatic carbocycles. The Hall–Kier alpha value is -3.59. The number of carbonyl (C=O) groups is 3. The third-order valence-electron chi connectivity index (χ3n) is 5.13. The van der Waals surface area contributed by atoms with Gasteiger partial charge in [-0.2, -0.15) is 0 Å². The Morgan fingerprint density at radius 3 is 2.39 bits per heavy atom. The first kappa shape index (κ1) is 22.6. The summed E-state index contributed by atoms with van der Waals surface area (Å²) in [5, 5.41) is 7.45. The van der Waals surface area contributed by atoms with Gasteiger partial charge in [-0.15, -0.1) is 11.3 Å². The average molecular weight is 467 g/mol. The van der Waals surface area contributed by atoms with E-state index in [1.54, 1.807) is 22.4 Å². The summed E-state index contributed by atoms with van der Waals surface area (Å²) in [7, 11) is 0. The minimum atomic E-state index is -0.381. The van der Waals surface area contributed by atoms with E-state index >= 15 is 0 Å². The molecule has 1 saturated carbocycles. The Balaban J connectivity index is 1.31. The number of amides is 3. The molecule has 0 radical (unpaired) electrons. The van der Waals surface area contributed by atoms with Crippen LogP contribution >= 0.6 is 11.3 Å². The number of aromatic nitrogens is 1. The number of thiazole rings is 1. The minimum absolute atomic E-state index is 0.0177. The molecule has 0 bridgehead atoms. The van der Waals surface area contributed by atoms with Gasteiger partial charge in [0.15, 0.2) is 5.13 Å². The molecule has 0 aliphatic heterocycles. The molecular weight excluding hydrogens is 443 g/mol. The van der Waals surface area contributed by atoms with Gasteiger partial charge >= 0.3 is 0 Å². The third-order valence-corrected chi connectivity index (χ3v) is 5.94. The quantitative estimate of drug-likeness (QED) is 0.525. The second-order valence-corrected chi connectivity index (χ2v) is 8.81. The molecule has 1 aliphatic rings. The standard InChI is InChI=1S/C24H23FN4O3S/c1-15-2-4-16(5-3-15)23(32)29(20-10-11-20)13-22(31)28-24-27-19(14-33-24)12-21(30)26-18-8-6-17(25)7-9-18/h2-9,14,20H,10-13H2,1H3,(H,26,30)(H,27,28,31). The van der Waals surface area contributed by atoms with Crippen molar-refractivity contribution in [2.75, 3.05) is 17.2 Å². The first-order valence-corrected chi connectivity index (χ1v) is 11.4. The molecule has 0 saturated heterocycles. The molecule has 3 amide bonds. The van der Waals surface area contributed by atoms with Crippen molar-refractivity contribution in [2.45, 2.75) is 32.2 Å². The first-order valence-electron chi connectivity index (χ1n) is 10.5. The van der Waals surface area contributed by atoms with E-state index in [-0.39, 0.29) is 42.5 Å². The lowest BCUT2D eigenvalue weighted by Crippen LogP contribution is -2.39. The lowest BCUT2D eigenvalue weighted by atomic mass is 10.1. The molecule has 3 aromatic rings. The predicted octanol–water partition coefficient (Wildman–Crippen LogP) is 4.02. The summed E-state index contributed by atoms with van der Waals surface area (Å²) < 4.78 is 13.0. The average Bonchev–Trinajstić information content (AvgIpc) is 3.54. The van der Waals surface area contributed by atoms with Crippen LogP contribution in [0.25, 0.3) is 0 Å². The summed E-state index contributed by atoms with van der Waals surface area (Å²) in [5.41, 5.74) is 2.62. The molecule has 4 rings (SSSR count). The number of rotatable bonds is 8. The Bertz CT molecular complexity index is 1160. The smallest absolute Gasteiger partial charge is 0.254 e. The van der Waals surface area contributed by atoms with E-state index in [0.29, 0.717) is 22.1 Å². The van der Waals surface area contributed by atoms with Crippen molar-refractivity contribution >= 4 is 39.9 Å². The van der Waals surface area contributed by atoms with Gasteiger partial charge in [0, 0.05) is 22.7 Å². The number of halogens is 1. The van der Waals surface area contributed by atoms with Gasteiger partial charge in [-0.05, 0) is 56.2 Å². The molecular formula is C24H23FN4O3S. The van der Waals surface area contributed by atoms with E-state index in [9.17, 15) is 18.8 Å². The summed E-state index contributed by atoms with van der Waals surface area (Å²) in [6.07, 6.45) is 1.79. The number of nitrogens with one attached hydrogen (secondary N) is 2. The van der Waals surface area contributed by atoms with Crippen molar-refractivity contribution in [1.29, 1.82) is 0 Å². The van der Waals surface area contributed by atoms with Crippen LogP contribution < -0.4 is 10.6 Å². The fourth-order valence-electron chi connectivity index (χ4n) is 3.28. The number of aryl methyl sites for hydroxylation is 1. The molecule has 1 fully saturated rings. The Morgan fingerprint density at radius 1 is 1.03 bits per heavy atom. The maximum atomic E-state index is 13.0. The molecule has 0 unspecified atom stereocenters. The summed E-state index contributed by atoms with van der Waals surface area (Å²) in [6.45, 7) is 1.90. The summed E-state index contributed by atoms with van der Waals surface area (Å²) in [5.74, 6) is -1.17. The molecule has 0 spiro atoms. The molecule has 9 heteroatoms. The van der Waals surface area contributed by atoms with Gasteiger partial charge in [0.05, 0.1) is 12.1 Å². The highest BCUT2D eigenvalue weighted by molar-refractivity contribution is 7.13. The highest BCUT2D eigenvalue weighted by Crippen LogP contribution is 2.28. The van der Waals surface area contributed by atoms with Crippen molar-refractivity contribution in [3.8, 4) is 0 Å². The van der Waals surface area contributed by atoms with Crippen LogP contribution in [0.1, 0.15) is 34.5 Å². The highest BCUT2D eigenvalue weighted by Gasteiger charge is 2.34. The molecule has 7 nitrogen and oxygen atoms in total. The Labute approximate surface area is 194 Å². The van der Waals surface area contributed by atoms with Gasteiger partial charge in [-0.1, -0.05) is 17.7 Å². The summed E-state index contributed by atoms with van der Waals surface area (Å²) >= 11 is 1.21. The lowest BCUT2D eigenvalue weighted by molar-refractivity contribution is -0.117. The molecule has 1 aliphatic carbocycles. The molecule has 0 atom stereocenters. The zero-order valence-corrected chi connectivity index (χ0v) is 18.8. The maximum absolute atomic E-state index is 13.0. The molecule has 1 heterocycles. The molecule has 2 N–H and O–H groups in total. The summed E-state index contributed by atoms with van der Waals surface area (Å²) in [4.78, 5) is 43.6. The SMILES string of the molecule is Cc1ccc(C(=O)N(CC(=O)Nc2nc(CC(=O)Nc3ccc(F)cc3)cs2)C2CC2)cc1.